The summed E-state index contributed by atoms with van der Waals surface area (Å²) in [5.41, 5.74) is -0.402. The number of methoxy groups -OCH3 is 1. The third-order valence-electron chi connectivity index (χ3n) is 3.18. The van der Waals surface area contributed by atoms with Crippen molar-refractivity contribution >= 4 is 5.97 Å². The van der Waals surface area contributed by atoms with Gasteiger partial charge in [0.15, 0.2) is 0 Å². The van der Waals surface area contributed by atoms with Gasteiger partial charge in [-0.2, -0.15) is 0 Å². The zero-order valence-electron chi connectivity index (χ0n) is 8.72. The van der Waals surface area contributed by atoms with Crippen molar-refractivity contribution in [3.63, 3.8) is 0 Å². The van der Waals surface area contributed by atoms with Crippen molar-refractivity contribution in [2.45, 2.75) is 38.1 Å². The van der Waals surface area contributed by atoms with E-state index in [1.54, 1.807) is 0 Å². The normalized spacial score (nSPS) is 34.2. The molecule has 3 nitrogen and oxygen atoms in total. The van der Waals surface area contributed by atoms with Crippen LogP contribution in [-0.2, 0) is 9.53 Å². The lowest BCUT2D eigenvalue weighted by Gasteiger charge is -2.36. The summed E-state index contributed by atoms with van der Waals surface area (Å²) in [7, 11) is 3.30. The lowest BCUT2D eigenvalue weighted by atomic mass is 9.77. The molecular weight excluding hydrogens is 166 g/mol. The molecule has 1 fully saturated rings. The summed E-state index contributed by atoms with van der Waals surface area (Å²) in [6, 6.07) is 0. The van der Waals surface area contributed by atoms with Crippen LogP contribution < -0.4 is 5.32 Å². The first kappa shape index (κ1) is 10.5. The molecule has 1 aliphatic carbocycles. The molecule has 0 bridgehead atoms. The van der Waals surface area contributed by atoms with E-state index in [-0.39, 0.29) is 5.97 Å². The van der Waals surface area contributed by atoms with Crippen molar-refractivity contribution < 1.29 is 9.53 Å². The molecule has 76 valence electrons. The molecule has 0 aromatic carbocycles. The van der Waals surface area contributed by atoms with Crippen molar-refractivity contribution in [3.05, 3.63) is 0 Å². The number of esters is 1. The largest absolute Gasteiger partial charge is 0.468 e. The standard InChI is InChI=1S/C10H19NO2/c1-8-4-6-10(11-2,7-5-8)9(12)13-3/h8,11H,4-7H2,1-3H3. The maximum absolute atomic E-state index is 11.5. The summed E-state index contributed by atoms with van der Waals surface area (Å²) < 4.78 is 4.82. The Kier molecular flexibility index (Phi) is 3.31. The van der Waals surface area contributed by atoms with Gasteiger partial charge in [-0.05, 0) is 38.6 Å². The predicted octanol–water partition coefficient (Wildman–Crippen LogP) is 1.33. The SMILES string of the molecule is CNC1(C(=O)OC)CCC(C)CC1. The molecule has 0 heterocycles. The molecule has 1 saturated carbocycles. The maximum Gasteiger partial charge on any atom is 0.326 e. The Bertz CT molecular complexity index is 183. The topological polar surface area (TPSA) is 38.3 Å². The lowest BCUT2D eigenvalue weighted by Crippen LogP contribution is -2.53. The Morgan fingerprint density at radius 1 is 1.46 bits per heavy atom. The molecule has 0 saturated heterocycles. The van der Waals surface area contributed by atoms with Crippen LogP contribution in [0.3, 0.4) is 0 Å². The van der Waals surface area contributed by atoms with Gasteiger partial charge in [-0.15, -0.1) is 0 Å². The van der Waals surface area contributed by atoms with Crippen LogP contribution in [0.25, 0.3) is 0 Å². The van der Waals surface area contributed by atoms with Crippen LogP contribution in [0.2, 0.25) is 0 Å². The number of hydrogen-bond donors (Lipinski definition) is 1. The minimum Gasteiger partial charge on any atom is -0.468 e. The van der Waals surface area contributed by atoms with Gasteiger partial charge in [0, 0.05) is 0 Å². The molecule has 0 unspecified atom stereocenters. The van der Waals surface area contributed by atoms with Crippen molar-refractivity contribution in [3.8, 4) is 0 Å². The van der Waals surface area contributed by atoms with Crippen LogP contribution >= 0.6 is 0 Å². The zero-order valence-corrected chi connectivity index (χ0v) is 8.72. The van der Waals surface area contributed by atoms with Gasteiger partial charge in [0.1, 0.15) is 5.54 Å². The molecule has 1 rings (SSSR count). The number of carbonyl (C=O) groups excluding carboxylic acids is 1. The molecular formula is C10H19NO2. The first-order chi connectivity index (χ1) is 6.14. The van der Waals surface area contributed by atoms with Crippen molar-refractivity contribution in [1.29, 1.82) is 0 Å². The van der Waals surface area contributed by atoms with Gasteiger partial charge >= 0.3 is 5.97 Å². The molecule has 0 amide bonds. The van der Waals surface area contributed by atoms with E-state index < -0.39 is 5.54 Å². The molecule has 1 N–H and O–H groups in total. The Morgan fingerprint density at radius 2 is 2.00 bits per heavy atom. The van der Waals surface area contributed by atoms with E-state index in [1.165, 1.54) is 7.11 Å². The van der Waals surface area contributed by atoms with Crippen molar-refractivity contribution in [1.82, 2.24) is 5.32 Å². The highest BCUT2D eigenvalue weighted by Gasteiger charge is 2.40. The Hall–Kier alpha value is -0.570. The van der Waals surface area contributed by atoms with Crippen molar-refractivity contribution in [2.24, 2.45) is 5.92 Å². The monoisotopic (exact) mass is 185 g/mol. The number of hydrogen-bond acceptors (Lipinski definition) is 3. The Balaban J connectivity index is 2.65. The van der Waals surface area contributed by atoms with E-state index in [4.69, 9.17) is 4.74 Å². The fraction of sp³-hybridized carbons (Fsp3) is 0.900. The van der Waals surface area contributed by atoms with Crippen LogP contribution in [0.4, 0.5) is 0 Å². The number of rotatable bonds is 2. The first-order valence-corrected chi connectivity index (χ1v) is 4.92. The highest BCUT2D eigenvalue weighted by Crippen LogP contribution is 2.32. The quantitative estimate of drug-likeness (QED) is 0.659. The van der Waals surface area contributed by atoms with Crippen LogP contribution in [0.1, 0.15) is 32.6 Å². The van der Waals surface area contributed by atoms with Gasteiger partial charge in [0.25, 0.3) is 0 Å². The summed E-state index contributed by atoms with van der Waals surface area (Å²) in [5.74, 6) is 0.632. The summed E-state index contributed by atoms with van der Waals surface area (Å²) in [5, 5.41) is 3.11. The fourth-order valence-corrected chi connectivity index (χ4v) is 2.01. The van der Waals surface area contributed by atoms with E-state index >= 15 is 0 Å². The van der Waals surface area contributed by atoms with Gasteiger partial charge in [0.05, 0.1) is 7.11 Å². The minimum atomic E-state index is -0.402. The molecule has 1 aliphatic rings. The van der Waals surface area contributed by atoms with E-state index in [0.717, 1.165) is 31.6 Å². The van der Waals surface area contributed by atoms with Crippen LogP contribution in [0.5, 0.6) is 0 Å². The molecule has 0 aromatic rings. The molecule has 0 spiro atoms. The molecule has 13 heavy (non-hydrogen) atoms. The summed E-state index contributed by atoms with van der Waals surface area (Å²) in [4.78, 5) is 11.5. The van der Waals surface area contributed by atoms with Crippen LogP contribution in [-0.4, -0.2) is 25.7 Å². The second-order valence-corrected chi connectivity index (χ2v) is 4.01. The smallest absolute Gasteiger partial charge is 0.326 e. The summed E-state index contributed by atoms with van der Waals surface area (Å²) in [6.45, 7) is 2.23. The lowest BCUT2D eigenvalue weighted by molar-refractivity contribution is -0.150. The summed E-state index contributed by atoms with van der Waals surface area (Å²) in [6.07, 6.45) is 4.01. The Labute approximate surface area is 79.8 Å². The van der Waals surface area contributed by atoms with Gasteiger partial charge in [-0.1, -0.05) is 6.92 Å². The van der Waals surface area contributed by atoms with Gasteiger partial charge in [-0.25, -0.2) is 0 Å². The van der Waals surface area contributed by atoms with Crippen LogP contribution in [0.15, 0.2) is 0 Å². The number of nitrogens with one attached hydrogen (secondary N) is 1. The predicted molar refractivity (Wildman–Crippen MR) is 51.4 cm³/mol. The van der Waals surface area contributed by atoms with Crippen molar-refractivity contribution in [2.75, 3.05) is 14.2 Å². The van der Waals surface area contributed by atoms with Gasteiger partial charge in [0.2, 0.25) is 0 Å². The second kappa shape index (κ2) is 4.09. The first-order valence-electron chi connectivity index (χ1n) is 4.92. The minimum absolute atomic E-state index is 0.109. The summed E-state index contributed by atoms with van der Waals surface area (Å²) >= 11 is 0. The number of ether oxygens (including phenoxy) is 1. The highest BCUT2D eigenvalue weighted by molar-refractivity contribution is 5.80. The van der Waals surface area contributed by atoms with E-state index in [1.807, 2.05) is 7.05 Å². The molecule has 0 atom stereocenters. The molecule has 0 radical (unpaired) electrons. The molecule has 3 heteroatoms. The Morgan fingerprint density at radius 3 is 2.38 bits per heavy atom. The van der Waals surface area contributed by atoms with E-state index in [2.05, 4.69) is 12.2 Å². The number of carbonyl (C=O) groups is 1. The molecule has 0 aliphatic heterocycles. The average molecular weight is 185 g/mol. The third kappa shape index (κ3) is 2.02. The maximum atomic E-state index is 11.5. The average Bonchev–Trinajstić information content (AvgIpc) is 2.18. The van der Waals surface area contributed by atoms with Gasteiger partial charge in [-0.3, -0.25) is 4.79 Å². The fourth-order valence-electron chi connectivity index (χ4n) is 2.01. The third-order valence-corrected chi connectivity index (χ3v) is 3.18. The zero-order chi connectivity index (χ0) is 9.90. The number of likely N-dealkylation sites (N-methyl/N-ethyl adjacent to an activating group) is 1. The van der Waals surface area contributed by atoms with Crippen LogP contribution in [0, 0.1) is 5.92 Å². The molecule has 0 aromatic heterocycles. The highest BCUT2D eigenvalue weighted by atomic mass is 16.5. The van der Waals surface area contributed by atoms with E-state index in [9.17, 15) is 4.79 Å². The van der Waals surface area contributed by atoms with E-state index in [0.29, 0.717) is 0 Å². The second-order valence-electron chi connectivity index (χ2n) is 4.01. The van der Waals surface area contributed by atoms with Gasteiger partial charge < -0.3 is 10.1 Å².